The van der Waals surface area contributed by atoms with E-state index in [4.69, 9.17) is 0 Å². The summed E-state index contributed by atoms with van der Waals surface area (Å²) in [5.41, 5.74) is 0. The zero-order valence-corrected chi connectivity index (χ0v) is 5.14. The van der Waals surface area contributed by atoms with Gasteiger partial charge in [-0.05, 0) is 0 Å². The van der Waals surface area contributed by atoms with Crippen LogP contribution in [0.15, 0.2) is 0 Å². The molecule has 0 heterocycles. The average Bonchev–Trinajstić information content (AvgIpc) is 1.30. The summed E-state index contributed by atoms with van der Waals surface area (Å²) in [5.74, 6) is 0. The second kappa shape index (κ2) is 2.28. The molecule has 0 aromatic rings. The lowest BCUT2D eigenvalue weighted by atomic mass is 10.5. The van der Waals surface area contributed by atoms with Crippen LogP contribution < -0.4 is 0 Å². The van der Waals surface area contributed by atoms with Gasteiger partial charge >= 0.3 is 0 Å². The second-order valence-electron chi connectivity index (χ2n) is 2.16. The summed E-state index contributed by atoms with van der Waals surface area (Å²) in [4.78, 5) is 0. The van der Waals surface area contributed by atoms with E-state index < -0.39 is 0 Å². The van der Waals surface area contributed by atoms with Gasteiger partial charge in [0.15, 0.2) is 0 Å². The first kappa shape index (κ1) is 6.92. The van der Waals surface area contributed by atoms with Crippen molar-refractivity contribution in [2.45, 2.75) is 6.92 Å². The Hall–Kier alpha value is -0.0800. The molecule has 0 aliphatic rings. The third-order valence-corrected chi connectivity index (χ3v) is 0.622. The molecule has 0 N–H and O–H groups in total. The molecule has 0 unspecified atom stereocenters. The van der Waals surface area contributed by atoms with E-state index in [1.54, 1.807) is 14.1 Å². The van der Waals surface area contributed by atoms with Gasteiger partial charge in [0.25, 0.3) is 0 Å². The van der Waals surface area contributed by atoms with Crippen molar-refractivity contribution < 1.29 is 4.65 Å². The molecule has 0 spiro atoms. The van der Waals surface area contributed by atoms with Crippen LogP contribution in [0.4, 0.5) is 0 Å². The maximum absolute atomic E-state index is 10.6. The molecule has 0 aromatic carbocycles. The van der Waals surface area contributed by atoms with Gasteiger partial charge in [0, 0.05) is 6.42 Å². The Morgan fingerprint density at radius 2 is 2.00 bits per heavy atom. The van der Waals surface area contributed by atoms with Gasteiger partial charge in [0.2, 0.25) is 0 Å². The topological polar surface area (TPSA) is 23.1 Å². The largest absolute Gasteiger partial charge is 0.633 e. The molecule has 43 valence electrons. The summed E-state index contributed by atoms with van der Waals surface area (Å²) in [6.45, 7) is 2.48. The third kappa shape index (κ3) is 5.92. The smallest absolute Gasteiger partial charge is 0.0810 e. The summed E-state index contributed by atoms with van der Waals surface area (Å²) in [6, 6.07) is 0. The number of nitrogens with zero attached hydrogens (tertiary/aromatic N) is 1. The van der Waals surface area contributed by atoms with Crippen molar-refractivity contribution in [3.05, 3.63) is 11.6 Å². The van der Waals surface area contributed by atoms with Crippen LogP contribution in [-0.2, 0) is 0 Å². The summed E-state index contributed by atoms with van der Waals surface area (Å²) in [5, 5.41) is 10.6. The fourth-order valence-electron chi connectivity index (χ4n) is 0.440. The lowest BCUT2D eigenvalue weighted by molar-refractivity contribution is -0.835. The predicted octanol–water partition coefficient (Wildman–Crippen LogP) is 0.785. The Balaban J connectivity index is 3.15. The van der Waals surface area contributed by atoms with Crippen molar-refractivity contribution in [1.82, 2.24) is 0 Å². The zero-order valence-electron chi connectivity index (χ0n) is 5.14. The van der Waals surface area contributed by atoms with Crippen LogP contribution in [0.5, 0.6) is 0 Å². The van der Waals surface area contributed by atoms with E-state index in [0.29, 0.717) is 6.54 Å². The molecule has 1 radical (unpaired) electrons. The molecule has 0 aliphatic heterocycles. The van der Waals surface area contributed by atoms with Crippen molar-refractivity contribution in [3.8, 4) is 0 Å². The maximum Gasteiger partial charge on any atom is 0.0810 e. The Morgan fingerprint density at radius 3 is 2.00 bits per heavy atom. The van der Waals surface area contributed by atoms with Gasteiger partial charge in [0.1, 0.15) is 0 Å². The maximum atomic E-state index is 10.6. The van der Waals surface area contributed by atoms with E-state index in [1.807, 2.05) is 13.3 Å². The molecular formula is C5H12NO. The van der Waals surface area contributed by atoms with Crippen LogP contribution in [0.2, 0.25) is 0 Å². The van der Waals surface area contributed by atoms with Gasteiger partial charge in [-0.2, -0.15) is 0 Å². The van der Waals surface area contributed by atoms with Crippen molar-refractivity contribution in [1.29, 1.82) is 0 Å². The number of rotatable bonds is 2. The molecular weight excluding hydrogens is 90.1 g/mol. The van der Waals surface area contributed by atoms with Crippen molar-refractivity contribution in [2.24, 2.45) is 0 Å². The molecule has 0 atom stereocenters. The molecule has 2 heteroatoms. The number of hydrogen-bond acceptors (Lipinski definition) is 1. The van der Waals surface area contributed by atoms with E-state index in [2.05, 4.69) is 0 Å². The molecule has 0 saturated heterocycles. The lowest BCUT2D eigenvalue weighted by Crippen LogP contribution is -2.32. The summed E-state index contributed by atoms with van der Waals surface area (Å²) >= 11 is 0. The molecule has 0 fully saturated rings. The molecule has 0 bridgehead atoms. The fourth-order valence-corrected chi connectivity index (χ4v) is 0.440. The number of hydroxylamine groups is 3. The van der Waals surface area contributed by atoms with Gasteiger partial charge in [-0.3, -0.25) is 0 Å². The van der Waals surface area contributed by atoms with E-state index in [1.165, 1.54) is 0 Å². The zero-order chi connectivity index (χ0) is 5.91. The van der Waals surface area contributed by atoms with Crippen LogP contribution in [0.3, 0.4) is 0 Å². The van der Waals surface area contributed by atoms with E-state index in [-0.39, 0.29) is 4.65 Å². The quantitative estimate of drug-likeness (QED) is 0.373. The summed E-state index contributed by atoms with van der Waals surface area (Å²) in [6.07, 6.45) is 1.87. The van der Waals surface area contributed by atoms with Crippen molar-refractivity contribution >= 4 is 0 Å². The summed E-state index contributed by atoms with van der Waals surface area (Å²) in [7, 11) is 3.25. The normalized spacial score (nSPS) is 12.0. The Morgan fingerprint density at radius 1 is 1.57 bits per heavy atom. The Bertz CT molecular complexity index is 46.5. The van der Waals surface area contributed by atoms with Crippen LogP contribution in [0.1, 0.15) is 6.92 Å². The molecule has 2 nitrogen and oxygen atoms in total. The first-order valence-corrected chi connectivity index (χ1v) is 2.38. The Kier molecular flexibility index (Phi) is 2.26. The Labute approximate surface area is 44.9 Å². The minimum Gasteiger partial charge on any atom is -0.633 e. The van der Waals surface area contributed by atoms with Crippen LogP contribution in [0.25, 0.3) is 0 Å². The van der Waals surface area contributed by atoms with E-state index >= 15 is 0 Å². The monoisotopic (exact) mass is 102 g/mol. The molecule has 0 rings (SSSR count). The van der Waals surface area contributed by atoms with Gasteiger partial charge in [-0.1, -0.05) is 6.92 Å². The molecule has 0 aromatic heterocycles. The molecule has 0 aliphatic carbocycles. The number of hydrogen-bond donors (Lipinski definition) is 0. The lowest BCUT2D eigenvalue weighted by Gasteiger charge is -2.32. The highest BCUT2D eigenvalue weighted by atomic mass is 16.5. The van der Waals surface area contributed by atoms with Crippen LogP contribution >= 0.6 is 0 Å². The van der Waals surface area contributed by atoms with Gasteiger partial charge in [0.05, 0.1) is 20.6 Å². The van der Waals surface area contributed by atoms with Gasteiger partial charge in [-0.15, -0.1) is 0 Å². The predicted molar refractivity (Wildman–Crippen MR) is 30.3 cm³/mol. The minimum absolute atomic E-state index is 0.212. The standard InChI is InChI=1S/C5H12NO/c1-4-5-6(2,3)7/h4H,5H2,1-3H3. The van der Waals surface area contributed by atoms with Gasteiger partial charge < -0.3 is 9.85 Å². The molecule has 0 amide bonds. The SMILES string of the molecule is C[CH]C[N+](C)(C)[O-]. The average molecular weight is 102 g/mol. The highest BCUT2D eigenvalue weighted by Gasteiger charge is 1.95. The number of quaternary nitrogens is 1. The van der Waals surface area contributed by atoms with Crippen LogP contribution in [0, 0.1) is 11.6 Å². The second-order valence-corrected chi connectivity index (χ2v) is 2.16. The molecule has 7 heavy (non-hydrogen) atoms. The summed E-state index contributed by atoms with van der Waals surface area (Å²) < 4.78 is -0.212. The first-order chi connectivity index (χ1) is 3.06. The third-order valence-electron chi connectivity index (χ3n) is 0.622. The first-order valence-electron chi connectivity index (χ1n) is 2.38. The van der Waals surface area contributed by atoms with Gasteiger partial charge in [-0.25, -0.2) is 0 Å². The van der Waals surface area contributed by atoms with E-state index in [0.717, 1.165) is 0 Å². The van der Waals surface area contributed by atoms with E-state index in [9.17, 15) is 5.21 Å². The minimum atomic E-state index is -0.212. The fraction of sp³-hybridized carbons (Fsp3) is 0.800. The van der Waals surface area contributed by atoms with Crippen LogP contribution in [-0.4, -0.2) is 25.3 Å². The highest BCUT2D eigenvalue weighted by molar-refractivity contribution is 4.51. The molecule has 0 saturated carbocycles. The van der Waals surface area contributed by atoms with Crippen molar-refractivity contribution in [2.75, 3.05) is 20.6 Å². The highest BCUT2D eigenvalue weighted by Crippen LogP contribution is 1.91. The van der Waals surface area contributed by atoms with Crippen molar-refractivity contribution in [3.63, 3.8) is 0 Å².